The van der Waals surface area contributed by atoms with Crippen LogP contribution in [0.25, 0.3) is 17.4 Å². The lowest BCUT2D eigenvalue weighted by atomic mass is 9.95. The minimum absolute atomic E-state index is 0.159. The maximum atomic E-state index is 13.9. The highest BCUT2D eigenvalue weighted by molar-refractivity contribution is 7.07. The molecular formula is C30H26N2O8S. The van der Waals surface area contributed by atoms with Gasteiger partial charge in [0.15, 0.2) is 4.80 Å². The lowest BCUT2D eigenvalue weighted by molar-refractivity contribution is -0.139. The molecule has 210 valence electrons. The fourth-order valence-corrected chi connectivity index (χ4v) is 5.65. The molecular weight excluding hydrogens is 548 g/mol. The molecule has 2 aromatic heterocycles. The Morgan fingerprint density at radius 2 is 1.85 bits per heavy atom. The highest BCUT2D eigenvalue weighted by atomic mass is 32.1. The summed E-state index contributed by atoms with van der Waals surface area (Å²) in [6.45, 7) is 3.58. The van der Waals surface area contributed by atoms with Crippen LogP contribution >= 0.6 is 11.3 Å². The first-order chi connectivity index (χ1) is 19.7. The number of carbonyl (C=O) groups is 2. The predicted octanol–water partition coefficient (Wildman–Crippen LogP) is 3.77. The van der Waals surface area contributed by atoms with E-state index in [9.17, 15) is 14.4 Å². The van der Waals surface area contributed by atoms with Crippen molar-refractivity contribution >= 4 is 29.4 Å². The van der Waals surface area contributed by atoms with E-state index in [2.05, 4.69) is 4.99 Å². The average Bonchev–Trinajstić information content (AvgIpc) is 3.56. The second kappa shape index (κ2) is 11.3. The molecule has 1 N–H and O–H groups in total. The smallest absolute Gasteiger partial charge is 0.338 e. The van der Waals surface area contributed by atoms with Gasteiger partial charge in [-0.2, -0.15) is 0 Å². The fourth-order valence-electron chi connectivity index (χ4n) is 4.62. The van der Waals surface area contributed by atoms with E-state index in [1.54, 1.807) is 62.4 Å². The highest BCUT2D eigenvalue weighted by Crippen LogP contribution is 2.37. The van der Waals surface area contributed by atoms with Gasteiger partial charge in [-0.25, -0.2) is 14.6 Å². The molecule has 5 rings (SSSR count). The number of carboxylic acid groups (broad SMARTS) is 1. The number of aromatic nitrogens is 1. The standard InChI is InChI=1S/C30H26N2O8S/c1-5-39-29(36)25-16(2)31-30-32(26(25)21-12-10-19(37-3)14-23(21)38-4)27(33)24(41-30)15-20-11-13-22(40-20)17-6-8-18(9-7-17)28(34)35/h6-15,26H,5H2,1-4H3,(H,34,35)/b24-15-/t26-/m1/s1. The third kappa shape index (κ3) is 5.19. The molecule has 0 radical (unpaired) electrons. The first-order valence-corrected chi connectivity index (χ1v) is 13.4. The Kier molecular flexibility index (Phi) is 7.62. The van der Waals surface area contributed by atoms with Crippen LogP contribution in [-0.4, -0.2) is 42.4 Å². The van der Waals surface area contributed by atoms with Crippen molar-refractivity contribution in [3.63, 3.8) is 0 Å². The number of hydrogen-bond donors (Lipinski definition) is 1. The molecule has 1 aliphatic rings. The number of allylic oxidation sites excluding steroid dienone is 1. The summed E-state index contributed by atoms with van der Waals surface area (Å²) >= 11 is 1.17. The predicted molar refractivity (Wildman–Crippen MR) is 151 cm³/mol. The van der Waals surface area contributed by atoms with Crippen LogP contribution in [0.4, 0.5) is 0 Å². The van der Waals surface area contributed by atoms with Gasteiger partial charge in [0.25, 0.3) is 5.56 Å². The normalized spacial score (nSPS) is 14.8. The third-order valence-corrected chi connectivity index (χ3v) is 7.55. The first kappa shape index (κ1) is 27.7. The van der Waals surface area contributed by atoms with Crippen LogP contribution in [-0.2, 0) is 9.53 Å². The van der Waals surface area contributed by atoms with Gasteiger partial charge in [-0.3, -0.25) is 9.36 Å². The van der Waals surface area contributed by atoms with E-state index in [0.29, 0.717) is 49.2 Å². The summed E-state index contributed by atoms with van der Waals surface area (Å²) < 4.78 is 24.1. The second-order valence-electron chi connectivity index (χ2n) is 8.99. The molecule has 10 nitrogen and oxygen atoms in total. The summed E-state index contributed by atoms with van der Waals surface area (Å²) in [4.78, 5) is 43.2. The number of carbonyl (C=O) groups excluding carboxylic acids is 1. The van der Waals surface area contributed by atoms with Crippen molar-refractivity contribution < 1.29 is 33.3 Å². The number of nitrogens with zero attached hydrogens (tertiary/aromatic N) is 2. The number of aromatic carboxylic acids is 1. The Bertz CT molecular complexity index is 1860. The van der Waals surface area contributed by atoms with Crippen LogP contribution < -0.4 is 24.4 Å². The molecule has 2 aromatic carbocycles. The van der Waals surface area contributed by atoms with E-state index in [1.165, 1.54) is 42.3 Å². The Labute approximate surface area is 238 Å². The Hall–Kier alpha value is -4.90. The lowest BCUT2D eigenvalue weighted by Gasteiger charge is -2.26. The van der Waals surface area contributed by atoms with Crippen molar-refractivity contribution in [2.75, 3.05) is 20.8 Å². The zero-order chi connectivity index (χ0) is 29.3. The maximum Gasteiger partial charge on any atom is 0.338 e. The molecule has 0 saturated heterocycles. The minimum Gasteiger partial charge on any atom is -0.497 e. The molecule has 0 fully saturated rings. The summed E-state index contributed by atoms with van der Waals surface area (Å²) in [6.07, 6.45) is 1.62. The van der Waals surface area contributed by atoms with E-state index < -0.39 is 18.0 Å². The van der Waals surface area contributed by atoms with Crippen LogP contribution in [0, 0.1) is 0 Å². The van der Waals surface area contributed by atoms with Crippen LogP contribution in [0.15, 0.2) is 80.1 Å². The van der Waals surface area contributed by atoms with E-state index in [4.69, 9.17) is 23.7 Å². The number of methoxy groups -OCH3 is 2. The van der Waals surface area contributed by atoms with Gasteiger partial charge in [-0.15, -0.1) is 0 Å². The number of ether oxygens (including phenoxy) is 3. The molecule has 3 heterocycles. The van der Waals surface area contributed by atoms with Crippen LogP contribution in [0.2, 0.25) is 0 Å². The van der Waals surface area contributed by atoms with Crippen LogP contribution in [0.5, 0.6) is 11.5 Å². The summed E-state index contributed by atoms with van der Waals surface area (Å²) in [7, 11) is 3.04. The van der Waals surface area contributed by atoms with Crippen LogP contribution in [0.3, 0.4) is 0 Å². The first-order valence-electron chi connectivity index (χ1n) is 12.6. The molecule has 1 aliphatic heterocycles. The molecule has 0 aliphatic carbocycles. The van der Waals surface area contributed by atoms with Crippen molar-refractivity contribution in [2.24, 2.45) is 4.99 Å². The molecule has 0 bridgehead atoms. The second-order valence-corrected chi connectivity index (χ2v) is 10.0. The molecule has 1 atom stereocenters. The summed E-state index contributed by atoms with van der Waals surface area (Å²) in [5, 5.41) is 9.14. The Morgan fingerprint density at radius 3 is 2.51 bits per heavy atom. The van der Waals surface area contributed by atoms with Gasteiger partial charge in [0.2, 0.25) is 0 Å². The number of thiazole rings is 1. The number of hydrogen-bond acceptors (Lipinski definition) is 9. The summed E-state index contributed by atoms with van der Waals surface area (Å²) in [6, 6.07) is 14.1. The SMILES string of the molecule is CCOC(=O)C1=C(C)N=c2s/c(=C\c3ccc(-c4ccc(C(=O)O)cc4)o3)c(=O)n2[C@@H]1c1ccc(OC)cc1OC. The average molecular weight is 575 g/mol. The Morgan fingerprint density at radius 1 is 1.10 bits per heavy atom. The van der Waals surface area contributed by atoms with E-state index >= 15 is 0 Å². The molecule has 4 aromatic rings. The van der Waals surface area contributed by atoms with Gasteiger partial charge in [0.1, 0.15) is 29.1 Å². The minimum atomic E-state index is -1.01. The Balaban J connectivity index is 1.63. The molecule has 0 spiro atoms. The molecule has 0 saturated carbocycles. The van der Waals surface area contributed by atoms with Gasteiger partial charge in [0.05, 0.1) is 42.2 Å². The molecule has 0 amide bonds. The molecule has 41 heavy (non-hydrogen) atoms. The number of rotatable bonds is 8. The van der Waals surface area contributed by atoms with Crippen molar-refractivity contribution in [1.29, 1.82) is 0 Å². The number of benzene rings is 2. The van der Waals surface area contributed by atoms with Crippen molar-refractivity contribution in [3.8, 4) is 22.8 Å². The summed E-state index contributed by atoms with van der Waals surface area (Å²) in [5.74, 6) is 0.344. The monoisotopic (exact) mass is 574 g/mol. The van der Waals surface area contributed by atoms with E-state index in [1.807, 2.05) is 0 Å². The summed E-state index contributed by atoms with van der Waals surface area (Å²) in [5.41, 5.74) is 1.74. The zero-order valence-corrected chi connectivity index (χ0v) is 23.5. The van der Waals surface area contributed by atoms with Crippen molar-refractivity contribution in [1.82, 2.24) is 4.57 Å². The fraction of sp³-hybridized carbons (Fsp3) is 0.200. The van der Waals surface area contributed by atoms with Gasteiger partial charge in [-0.1, -0.05) is 23.5 Å². The molecule has 11 heteroatoms. The van der Waals surface area contributed by atoms with E-state index in [0.717, 1.165) is 0 Å². The van der Waals surface area contributed by atoms with Gasteiger partial charge < -0.3 is 23.7 Å². The number of fused-ring (bicyclic) bond motifs is 1. The number of carboxylic acids is 1. The molecule has 0 unspecified atom stereocenters. The van der Waals surface area contributed by atoms with Gasteiger partial charge in [-0.05, 0) is 50.2 Å². The lowest BCUT2D eigenvalue weighted by Crippen LogP contribution is -2.40. The third-order valence-electron chi connectivity index (χ3n) is 6.57. The number of esters is 1. The van der Waals surface area contributed by atoms with Crippen LogP contribution in [0.1, 0.15) is 41.6 Å². The van der Waals surface area contributed by atoms with Crippen molar-refractivity contribution in [2.45, 2.75) is 19.9 Å². The van der Waals surface area contributed by atoms with Gasteiger partial charge >= 0.3 is 11.9 Å². The number of furan rings is 1. The largest absolute Gasteiger partial charge is 0.497 e. The maximum absolute atomic E-state index is 13.9. The topological polar surface area (TPSA) is 130 Å². The van der Waals surface area contributed by atoms with Crippen molar-refractivity contribution in [3.05, 3.63) is 102 Å². The van der Waals surface area contributed by atoms with E-state index in [-0.39, 0.29) is 23.3 Å². The quantitative estimate of drug-likeness (QED) is 0.315. The zero-order valence-electron chi connectivity index (χ0n) is 22.7. The van der Waals surface area contributed by atoms with Gasteiger partial charge in [0, 0.05) is 23.3 Å². The highest BCUT2D eigenvalue weighted by Gasteiger charge is 2.35.